The maximum atomic E-state index is 6.64. The molecule has 0 bridgehead atoms. The normalized spacial score (nSPS) is 10.9. The lowest BCUT2D eigenvalue weighted by Crippen LogP contribution is -2.30. The van der Waals surface area contributed by atoms with Crippen LogP contribution in [0.3, 0.4) is 0 Å². The van der Waals surface area contributed by atoms with Crippen LogP contribution in [0.25, 0.3) is 0 Å². The Morgan fingerprint density at radius 2 is 0.400 bits per heavy atom. The summed E-state index contributed by atoms with van der Waals surface area (Å²) in [6.07, 6.45) is 0. The van der Waals surface area contributed by atoms with Crippen LogP contribution in [-0.4, -0.2) is 79.3 Å². The van der Waals surface area contributed by atoms with E-state index in [-0.39, 0.29) is 0 Å². The fraction of sp³-hybridized carbons (Fsp3) is 0.571. The second-order valence-electron chi connectivity index (χ2n) is 11.2. The average molecular weight is 791 g/mol. The molecular formula is C42H63O12P. The molecule has 0 amide bonds. The van der Waals surface area contributed by atoms with E-state index in [9.17, 15) is 0 Å². The van der Waals surface area contributed by atoms with Crippen LogP contribution in [0.15, 0.2) is 18.2 Å². The third kappa shape index (κ3) is 10.5. The van der Waals surface area contributed by atoms with Crippen LogP contribution >= 0.6 is 7.92 Å². The maximum Gasteiger partial charge on any atom is 0.173 e. The van der Waals surface area contributed by atoms with Crippen molar-refractivity contribution in [1.29, 1.82) is 0 Å². The molecule has 13 heteroatoms. The van der Waals surface area contributed by atoms with Gasteiger partial charge in [-0.2, -0.15) is 0 Å². The Hall–Kier alpha value is -4.31. The summed E-state index contributed by atoms with van der Waals surface area (Å²) in [5.41, 5.74) is 0. The lowest BCUT2D eigenvalue weighted by atomic mass is 10.2. The molecule has 0 radical (unpaired) electrons. The molecule has 0 fully saturated rings. The molecule has 0 N–H and O–H groups in total. The van der Waals surface area contributed by atoms with Gasteiger partial charge in [0.2, 0.25) is 0 Å². The molecule has 0 unspecified atom stereocenters. The number of benzene rings is 3. The Kier molecular flexibility index (Phi) is 19.3. The third-order valence-corrected chi connectivity index (χ3v) is 10.2. The van der Waals surface area contributed by atoms with E-state index in [0.29, 0.717) is 164 Å². The van der Waals surface area contributed by atoms with Gasteiger partial charge in [-0.25, -0.2) is 0 Å². The van der Waals surface area contributed by atoms with E-state index in [2.05, 4.69) is 0 Å². The van der Waals surface area contributed by atoms with Gasteiger partial charge in [0.25, 0.3) is 0 Å². The first-order chi connectivity index (χ1) is 26.8. The molecule has 3 rings (SSSR count). The summed E-state index contributed by atoms with van der Waals surface area (Å²) in [5.74, 6) is 5.58. The molecule has 3 aromatic rings. The van der Waals surface area contributed by atoms with Gasteiger partial charge >= 0.3 is 0 Å². The SMILES string of the molecule is CCOc1cc(OCC)c(OCC)c(P(c2c(OCC)c(OCC)cc(OCC)c2OCC)c2c(OCC)c(OCC)cc(OCC)c2OCC)c1OCC. The Balaban J connectivity index is 3.01. The molecule has 0 heterocycles. The molecule has 0 aliphatic carbocycles. The summed E-state index contributed by atoms with van der Waals surface area (Å²) in [7, 11) is -2.03. The van der Waals surface area contributed by atoms with Crippen LogP contribution in [-0.2, 0) is 0 Å². The van der Waals surface area contributed by atoms with E-state index < -0.39 is 7.92 Å². The van der Waals surface area contributed by atoms with Crippen LogP contribution in [0, 0.1) is 0 Å². The zero-order valence-corrected chi connectivity index (χ0v) is 36.0. The molecule has 0 aromatic heterocycles. The lowest BCUT2D eigenvalue weighted by Gasteiger charge is -2.33. The second kappa shape index (κ2) is 23.6. The zero-order chi connectivity index (χ0) is 40.3. The predicted octanol–water partition coefficient (Wildman–Crippen LogP) is 8.23. The van der Waals surface area contributed by atoms with Crippen LogP contribution < -0.4 is 72.8 Å². The van der Waals surface area contributed by atoms with Gasteiger partial charge < -0.3 is 56.8 Å². The van der Waals surface area contributed by atoms with Gasteiger partial charge in [0.05, 0.1) is 95.2 Å². The van der Waals surface area contributed by atoms with Crippen molar-refractivity contribution in [3.05, 3.63) is 18.2 Å². The number of hydrogen-bond donors (Lipinski definition) is 0. The highest BCUT2D eigenvalue weighted by molar-refractivity contribution is 7.81. The lowest BCUT2D eigenvalue weighted by molar-refractivity contribution is 0.267. The zero-order valence-electron chi connectivity index (χ0n) is 35.1. The van der Waals surface area contributed by atoms with Crippen molar-refractivity contribution in [2.45, 2.75) is 83.1 Å². The van der Waals surface area contributed by atoms with Gasteiger partial charge in [0.15, 0.2) is 69.0 Å². The minimum absolute atomic E-state index is 0.315. The van der Waals surface area contributed by atoms with Crippen molar-refractivity contribution in [2.24, 2.45) is 0 Å². The van der Waals surface area contributed by atoms with E-state index in [1.807, 2.05) is 101 Å². The van der Waals surface area contributed by atoms with E-state index in [4.69, 9.17) is 56.8 Å². The molecule has 55 heavy (non-hydrogen) atoms. The van der Waals surface area contributed by atoms with Gasteiger partial charge in [-0.15, -0.1) is 0 Å². The Bertz CT molecular complexity index is 1340. The monoisotopic (exact) mass is 790 g/mol. The minimum atomic E-state index is -2.03. The Morgan fingerprint density at radius 1 is 0.255 bits per heavy atom. The van der Waals surface area contributed by atoms with Gasteiger partial charge in [0.1, 0.15) is 0 Å². The number of rotatable bonds is 27. The molecule has 0 spiro atoms. The molecule has 0 aliphatic heterocycles. The van der Waals surface area contributed by atoms with Crippen LogP contribution in [0.4, 0.5) is 0 Å². The van der Waals surface area contributed by atoms with Gasteiger partial charge in [-0.05, 0) is 83.1 Å². The summed E-state index contributed by atoms with van der Waals surface area (Å²) in [5, 5.41) is 1.84. The standard InChI is InChI=1S/C42H63O12P/c1-13-43-28-25-29(44-14-2)35(50-20-8)40(34(28)49-19-7)55(41-36(51-21-9)30(45-15-3)26-31(46-16-4)37(41)52-22-10)42-38(53-23-11)32(47-17-5)27-33(48-18-6)39(42)54-24-12/h25-27H,13-24H2,1-12H3. The van der Waals surface area contributed by atoms with E-state index in [1.54, 1.807) is 0 Å². The van der Waals surface area contributed by atoms with E-state index in [1.165, 1.54) is 0 Å². The molecule has 3 aromatic carbocycles. The molecule has 12 nitrogen and oxygen atoms in total. The first kappa shape index (κ1) is 45.1. The summed E-state index contributed by atoms with van der Waals surface area (Å²) in [4.78, 5) is 0. The van der Waals surface area contributed by atoms with Gasteiger partial charge in [-0.3, -0.25) is 0 Å². The third-order valence-electron chi connectivity index (χ3n) is 7.62. The summed E-state index contributed by atoms with van der Waals surface area (Å²) in [6, 6.07) is 5.47. The van der Waals surface area contributed by atoms with Crippen molar-refractivity contribution in [2.75, 3.05) is 79.3 Å². The van der Waals surface area contributed by atoms with Crippen LogP contribution in [0.5, 0.6) is 69.0 Å². The fourth-order valence-corrected chi connectivity index (χ4v) is 8.92. The minimum Gasteiger partial charge on any atom is -0.490 e. The topological polar surface area (TPSA) is 111 Å². The highest BCUT2D eigenvalue weighted by atomic mass is 31.1. The second-order valence-corrected chi connectivity index (χ2v) is 13.2. The maximum absolute atomic E-state index is 6.64. The summed E-state index contributed by atoms with van der Waals surface area (Å²) < 4.78 is 78.0. The molecular weight excluding hydrogens is 727 g/mol. The Labute approximate surface area is 329 Å². The first-order valence-corrected chi connectivity index (χ1v) is 21.1. The number of ether oxygens (including phenoxy) is 12. The largest absolute Gasteiger partial charge is 0.490 e. The molecule has 0 saturated carbocycles. The Morgan fingerprint density at radius 3 is 0.527 bits per heavy atom. The molecule has 0 aliphatic rings. The quantitative estimate of drug-likeness (QED) is 0.0694. The number of hydrogen-bond acceptors (Lipinski definition) is 12. The van der Waals surface area contributed by atoms with Crippen molar-refractivity contribution >= 4 is 23.8 Å². The van der Waals surface area contributed by atoms with Gasteiger partial charge in [-0.1, -0.05) is 0 Å². The van der Waals surface area contributed by atoms with Crippen molar-refractivity contribution in [3.8, 4) is 69.0 Å². The van der Waals surface area contributed by atoms with Crippen molar-refractivity contribution in [3.63, 3.8) is 0 Å². The highest BCUT2D eigenvalue weighted by Gasteiger charge is 2.42. The molecule has 308 valence electrons. The smallest absolute Gasteiger partial charge is 0.173 e. The van der Waals surface area contributed by atoms with Crippen molar-refractivity contribution in [1.82, 2.24) is 0 Å². The van der Waals surface area contributed by atoms with Crippen molar-refractivity contribution < 1.29 is 56.8 Å². The van der Waals surface area contributed by atoms with Gasteiger partial charge in [0, 0.05) is 26.1 Å². The summed E-state index contributed by atoms with van der Waals surface area (Å²) >= 11 is 0. The van der Waals surface area contributed by atoms with Crippen LogP contribution in [0.2, 0.25) is 0 Å². The van der Waals surface area contributed by atoms with E-state index >= 15 is 0 Å². The summed E-state index contributed by atoms with van der Waals surface area (Å²) in [6.45, 7) is 27.2. The molecule has 0 atom stereocenters. The first-order valence-electron chi connectivity index (χ1n) is 19.8. The predicted molar refractivity (Wildman–Crippen MR) is 219 cm³/mol. The molecule has 0 saturated heterocycles. The average Bonchev–Trinajstić information content (AvgIpc) is 3.16. The highest BCUT2D eigenvalue weighted by Crippen LogP contribution is 2.58. The van der Waals surface area contributed by atoms with E-state index in [0.717, 1.165) is 0 Å². The van der Waals surface area contributed by atoms with Crippen LogP contribution in [0.1, 0.15) is 83.1 Å². The fourth-order valence-electron chi connectivity index (χ4n) is 5.98.